The highest BCUT2D eigenvalue weighted by Crippen LogP contribution is 2.40. The van der Waals surface area contributed by atoms with Crippen LogP contribution in [0.25, 0.3) is 22.8 Å². The van der Waals surface area contributed by atoms with Crippen molar-refractivity contribution in [2.45, 2.75) is 27.7 Å². The number of carbonyl (C=O) groups is 2. The fourth-order valence-corrected chi connectivity index (χ4v) is 4.64. The van der Waals surface area contributed by atoms with Crippen LogP contribution in [0.3, 0.4) is 0 Å². The third-order valence-electron chi connectivity index (χ3n) is 6.56. The van der Waals surface area contributed by atoms with Gasteiger partial charge in [0.25, 0.3) is 11.8 Å². The maximum absolute atomic E-state index is 13.9. The predicted molar refractivity (Wildman–Crippen MR) is 139 cm³/mol. The molecule has 35 heavy (non-hydrogen) atoms. The van der Waals surface area contributed by atoms with E-state index in [0.717, 1.165) is 42.0 Å². The van der Waals surface area contributed by atoms with Gasteiger partial charge in [-0.2, -0.15) is 0 Å². The molecule has 1 aromatic heterocycles. The lowest BCUT2D eigenvalue weighted by molar-refractivity contribution is -0.110. The minimum absolute atomic E-state index is 0.134. The number of amides is 2. The molecule has 0 bridgehead atoms. The predicted octanol–water partition coefficient (Wildman–Crippen LogP) is 5.00. The summed E-state index contributed by atoms with van der Waals surface area (Å²) < 4.78 is 13.9. The quantitative estimate of drug-likeness (QED) is 0.402. The average Bonchev–Trinajstić information content (AvgIpc) is 3.31. The molecule has 0 saturated carbocycles. The summed E-state index contributed by atoms with van der Waals surface area (Å²) in [5, 5.41) is 5.92. The summed E-state index contributed by atoms with van der Waals surface area (Å²) in [4.78, 5) is 31.4. The van der Waals surface area contributed by atoms with Gasteiger partial charge in [0.2, 0.25) is 0 Å². The SMILES string of the molecule is CCN(CC)CCNC(=O)c1c(C)[nH]c(C=C2C(=O)Nc3cccc(-c4cccc(F)c4)c32)c1C. The van der Waals surface area contributed by atoms with E-state index in [4.69, 9.17) is 0 Å². The summed E-state index contributed by atoms with van der Waals surface area (Å²) in [6, 6.07) is 11.9. The lowest BCUT2D eigenvalue weighted by Crippen LogP contribution is -2.35. The summed E-state index contributed by atoms with van der Waals surface area (Å²) in [5.41, 5.74) is 6.14. The lowest BCUT2D eigenvalue weighted by Gasteiger charge is -2.18. The van der Waals surface area contributed by atoms with E-state index < -0.39 is 0 Å². The first-order valence-corrected chi connectivity index (χ1v) is 12.0. The second-order valence-corrected chi connectivity index (χ2v) is 8.70. The molecule has 2 amide bonds. The molecule has 3 aromatic rings. The Hall–Kier alpha value is -3.71. The Morgan fingerprint density at radius 1 is 1.11 bits per heavy atom. The van der Waals surface area contributed by atoms with Crippen molar-refractivity contribution < 1.29 is 14.0 Å². The van der Waals surface area contributed by atoms with Gasteiger partial charge in [0.05, 0.1) is 11.1 Å². The maximum atomic E-state index is 13.9. The second-order valence-electron chi connectivity index (χ2n) is 8.70. The Kier molecular flexibility index (Phi) is 7.17. The van der Waals surface area contributed by atoms with E-state index in [9.17, 15) is 14.0 Å². The number of rotatable bonds is 8. The smallest absolute Gasteiger partial charge is 0.256 e. The second kappa shape index (κ2) is 10.3. The molecule has 2 aromatic carbocycles. The number of hydrogen-bond acceptors (Lipinski definition) is 3. The minimum atomic E-state index is -0.338. The molecule has 0 aliphatic carbocycles. The number of anilines is 1. The van der Waals surface area contributed by atoms with Crippen LogP contribution >= 0.6 is 0 Å². The van der Waals surface area contributed by atoms with Crippen LogP contribution < -0.4 is 10.6 Å². The van der Waals surface area contributed by atoms with Crippen molar-refractivity contribution in [2.75, 3.05) is 31.5 Å². The highest BCUT2D eigenvalue weighted by atomic mass is 19.1. The molecule has 1 aliphatic heterocycles. The van der Waals surface area contributed by atoms with Crippen LogP contribution in [0.1, 0.15) is 46.7 Å². The number of hydrogen-bond donors (Lipinski definition) is 3. The van der Waals surface area contributed by atoms with Crippen LogP contribution in [-0.4, -0.2) is 47.9 Å². The van der Waals surface area contributed by atoms with E-state index in [-0.39, 0.29) is 17.6 Å². The van der Waals surface area contributed by atoms with Crippen molar-refractivity contribution in [3.63, 3.8) is 0 Å². The molecule has 0 unspecified atom stereocenters. The lowest BCUT2D eigenvalue weighted by atomic mass is 9.94. The van der Waals surface area contributed by atoms with Crippen LogP contribution in [0.4, 0.5) is 10.1 Å². The van der Waals surface area contributed by atoms with Crippen molar-refractivity contribution in [1.29, 1.82) is 0 Å². The Bertz CT molecular complexity index is 1300. The normalized spacial score (nSPS) is 13.9. The number of aryl methyl sites for hydroxylation is 1. The van der Waals surface area contributed by atoms with Gasteiger partial charge in [-0.05, 0) is 67.9 Å². The highest BCUT2D eigenvalue weighted by Gasteiger charge is 2.28. The number of fused-ring (bicyclic) bond motifs is 1. The van der Waals surface area contributed by atoms with Crippen LogP contribution in [-0.2, 0) is 4.79 Å². The third kappa shape index (κ3) is 4.91. The molecule has 0 saturated heterocycles. The van der Waals surface area contributed by atoms with Gasteiger partial charge in [-0.3, -0.25) is 9.59 Å². The minimum Gasteiger partial charge on any atom is -0.358 e. The third-order valence-corrected chi connectivity index (χ3v) is 6.56. The van der Waals surface area contributed by atoms with E-state index in [2.05, 4.69) is 34.4 Å². The van der Waals surface area contributed by atoms with Crippen molar-refractivity contribution in [3.8, 4) is 11.1 Å². The van der Waals surface area contributed by atoms with E-state index in [0.29, 0.717) is 34.6 Å². The molecule has 2 heterocycles. The van der Waals surface area contributed by atoms with Crippen LogP contribution in [0, 0.1) is 19.7 Å². The molecule has 0 atom stereocenters. The van der Waals surface area contributed by atoms with E-state index in [1.54, 1.807) is 12.1 Å². The monoisotopic (exact) mass is 474 g/mol. The Balaban J connectivity index is 1.67. The Labute approximate surface area is 205 Å². The molecule has 0 spiro atoms. The van der Waals surface area contributed by atoms with E-state index in [1.807, 2.05) is 38.1 Å². The number of aromatic amines is 1. The van der Waals surface area contributed by atoms with Gasteiger partial charge in [0, 0.05) is 35.7 Å². The number of halogens is 1. The average molecular weight is 475 g/mol. The molecule has 7 heteroatoms. The van der Waals surface area contributed by atoms with Gasteiger partial charge in [0.15, 0.2) is 0 Å². The van der Waals surface area contributed by atoms with E-state index >= 15 is 0 Å². The maximum Gasteiger partial charge on any atom is 0.256 e. The van der Waals surface area contributed by atoms with Crippen molar-refractivity contribution in [2.24, 2.45) is 0 Å². The fraction of sp³-hybridized carbons (Fsp3) is 0.286. The van der Waals surface area contributed by atoms with Crippen LogP contribution in [0.2, 0.25) is 0 Å². The number of H-pyrrole nitrogens is 1. The number of aromatic nitrogens is 1. The molecular formula is C28H31FN4O2. The molecule has 4 rings (SSSR count). The molecule has 182 valence electrons. The molecule has 0 fully saturated rings. The zero-order valence-electron chi connectivity index (χ0n) is 20.6. The topological polar surface area (TPSA) is 77.2 Å². The van der Waals surface area contributed by atoms with Gasteiger partial charge < -0.3 is 20.5 Å². The van der Waals surface area contributed by atoms with Crippen molar-refractivity contribution >= 4 is 29.2 Å². The van der Waals surface area contributed by atoms with Gasteiger partial charge in [-0.25, -0.2) is 4.39 Å². The zero-order valence-corrected chi connectivity index (χ0v) is 20.6. The van der Waals surface area contributed by atoms with Gasteiger partial charge in [-0.1, -0.05) is 38.1 Å². The van der Waals surface area contributed by atoms with Gasteiger partial charge in [0.1, 0.15) is 5.82 Å². The Morgan fingerprint density at radius 3 is 2.57 bits per heavy atom. The molecule has 0 radical (unpaired) electrons. The van der Waals surface area contributed by atoms with Crippen LogP contribution in [0.15, 0.2) is 42.5 Å². The molecular weight excluding hydrogens is 443 g/mol. The number of benzene rings is 2. The van der Waals surface area contributed by atoms with Gasteiger partial charge >= 0.3 is 0 Å². The number of nitrogens with one attached hydrogen (secondary N) is 3. The highest BCUT2D eigenvalue weighted by molar-refractivity contribution is 6.36. The summed E-state index contributed by atoms with van der Waals surface area (Å²) >= 11 is 0. The zero-order chi connectivity index (χ0) is 25.1. The largest absolute Gasteiger partial charge is 0.358 e. The van der Waals surface area contributed by atoms with Crippen LogP contribution in [0.5, 0.6) is 0 Å². The molecule has 3 N–H and O–H groups in total. The first kappa shape index (κ1) is 24.4. The fourth-order valence-electron chi connectivity index (χ4n) is 4.64. The summed E-state index contributed by atoms with van der Waals surface area (Å²) in [5.74, 6) is -0.707. The first-order chi connectivity index (χ1) is 16.8. The Morgan fingerprint density at radius 2 is 1.86 bits per heavy atom. The summed E-state index contributed by atoms with van der Waals surface area (Å²) in [7, 11) is 0. The molecule has 6 nitrogen and oxygen atoms in total. The summed E-state index contributed by atoms with van der Waals surface area (Å²) in [6.45, 7) is 11.2. The van der Waals surface area contributed by atoms with Crippen molar-refractivity contribution in [3.05, 3.63) is 76.4 Å². The standard InChI is InChI=1S/C28H31FN4O2/c1-5-33(6-2)14-13-30-28(35)25-17(3)24(31-18(25)4)16-22-26-21(19-9-7-10-20(29)15-19)11-8-12-23(26)32-27(22)34/h7-12,15-16,31H,5-6,13-14H2,1-4H3,(H,30,35)(H,32,34). The van der Waals surface area contributed by atoms with Gasteiger partial charge in [-0.15, -0.1) is 0 Å². The first-order valence-electron chi connectivity index (χ1n) is 12.0. The molecule has 1 aliphatic rings. The summed E-state index contributed by atoms with van der Waals surface area (Å²) in [6.07, 6.45) is 1.78. The number of likely N-dealkylation sites (N-methyl/N-ethyl adjacent to an activating group) is 1. The van der Waals surface area contributed by atoms with Crippen molar-refractivity contribution in [1.82, 2.24) is 15.2 Å². The number of carbonyl (C=O) groups excluding carboxylic acids is 2. The van der Waals surface area contributed by atoms with E-state index in [1.165, 1.54) is 12.1 Å². The number of nitrogens with zero attached hydrogens (tertiary/aromatic N) is 1.